The summed E-state index contributed by atoms with van der Waals surface area (Å²) in [5.41, 5.74) is 8.42. The number of benzene rings is 2. The van der Waals surface area contributed by atoms with E-state index >= 15 is 0 Å². The van der Waals surface area contributed by atoms with Crippen molar-refractivity contribution in [2.24, 2.45) is 14.1 Å². The highest BCUT2D eigenvalue weighted by atomic mass is 35.5. The van der Waals surface area contributed by atoms with Crippen molar-refractivity contribution in [3.05, 3.63) is 51.9 Å². The van der Waals surface area contributed by atoms with Crippen molar-refractivity contribution in [3.8, 4) is 0 Å². The number of imidazole rings is 1. The number of nitrogens with two attached hydrogens (primary N) is 1. The topological polar surface area (TPSA) is 53.0 Å². The molecule has 1 heterocycles. The van der Waals surface area contributed by atoms with Gasteiger partial charge in [-0.15, -0.1) is 0 Å². The number of nitrogens with zero attached hydrogens (tertiary/aromatic N) is 2. The molecule has 3 aromatic rings. The molecule has 0 fully saturated rings. The van der Waals surface area contributed by atoms with Gasteiger partial charge in [0.05, 0.1) is 11.0 Å². The number of hydrogen-bond donors (Lipinski definition) is 1. The molecule has 0 amide bonds. The summed E-state index contributed by atoms with van der Waals surface area (Å²) in [5, 5.41) is 0.702. The third-order valence-electron chi connectivity index (χ3n) is 3.44. The SMILES string of the molecule is Cn1c(=O)n(C)c2cc(Sc3ccc(Cl)cc3)c(N)cc21. The summed E-state index contributed by atoms with van der Waals surface area (Å²) in [6, 6.07) is 11.4. The molecule has 2 N–H and O–H groups in total. The number of nitrogen functional groups attached to an aromatic ring is 1. The second kappa shape index (κ2) is 5.16. The van der Waals surface area contributed by atoms with Crippen molar-refractivity contribution >= 4 is 40.1 Å². The summed E-state index contributed by atoms with van der Waals surface area (Å²) in [7, 11) is 3.51. The van der Waals surface area contributed by atoms with Gasteiger partial charge in [-0.3, -0.25) is 9.13 Å². The van der Waals surface area contributed by atoms with Crippen molar-refractivity contribution < 1.29 is 0 Å². The van der Waals surface area contributed by atoms with Gasteiger partial charge in [-0.25, -0.2) is 4.79 Å². The molecule has 21 heavy (non-hydrogen) atoms. The van der Waals surface area contributed by atoms with Crippen LogP contribution in [0.5, 0.6) is 0 Å². The first-order valence-corrected chi connectivity index (χ1v) is 7.55. The molecule has 0 aliphatic rings. The predicted octanol–water partition coefficient (Wildman–Crippen LogP) is 3.26. The van der Waals surface area contributed by atoms with Crippen molar-refractivity contribution in [2.45, 2.75) is 9.79 Å². The quantitative estimate of drug-likeness (QED) is 0.738. The second-order valence-electron chi connectivity index (χ2n) is 4.84. The summed E-state index contributed by atoms with van der Waals surface area (Å²) in [6.45, 7) is 0. The molecule has 0 radical (unpaired) electrons. The zero-order valence-corrected chi connectivity index (χ0v) is 13.2. The molecule has 2 aromatic carbocycles. The highest BCUT2D eigenvalue weighted by Crippen LogP contribution is 2.35. The van der Waals surface area contributed by atoms with Gasteiger partial charge in [0.2, 0.25) is 0 Å². The maximum absolute atomic E-state index is 12.0. The maximum Gasteiger partial charge on any atom is 0.328 e. The fourth-order valence-electron chi connectivity index (χ4n) is 2.26. The van der Waals surface area contributed by atoms with E-state index in [0.717, 1.165) is 20.8 Å². The van der Waals surface area contributed by atoms with Gasteiger partial charge in [0.1, 0.15) is 0 Å². The molecule has 1 aromatic heterocycles. The van der Waals surface area contributed by atoms with Crippen LogP contribution in [0, 0.1) is 0 Å². The third kappa shape index (κ3) is 2.43. The average molecular weight is 320 g/mol. The fourth-order valence-corrected chi connectivity index (χ4v) is 3.26. The first-order chi connectivity index (χ1) is 9.97. The zero-order valence-electron chi connectivity index (χ0n) is 11.6. The summed E-state index contributed by atoms with van der Waals surface area (Å²) in [4.78, 5) is 13.9. The lowest BCUT2D eigenvalue weighted by Crippen LogP contribution is -2.19. The maximum atomic E-state index is 12.0. The minimum Gasteiger partial charge on any atom is -0.398 e. The van der Waals surface area contributed by atoms with E-state index in [1.54, 1.807) is 35.0 Å². The summed E-state index contributed by atoms with van der Waals surface area (Å²) in [5.74, 6) is 0. The molecule has 0 saturated heterocycles. The van der Waals surface area contributed by atoms with Crippen LogP contribution in [0.25, 0.3) is 11.0 Å². The van der Waals surface area contributed by atoms with E-state index in [-0.39, 0.29) is 5.69 Å². The van der Waals surface area contributed by atoms with Gasteiger partial charge in [0.25, 0.3) is 0 Å². The van der Waals surface area contributed by atoms with Gasteiger partial charge >= 0.3 is 5.69 Å². The van der Waals surface area contributed by atoms with Crippen LogP contribution in [0.2, 0.25) is 5.02 Å². The van der Waals surface area contributed by atoms with E-state index in [0.29, 0.717) is 10.7 Å². The number of rotatable bonds is 2. The van der Waals surface area contributed by atoms with Crippen molar-refractivity contribution in [1.82, 2.24) is 9.13 Å². The van der Waals surface area contributed by atoms with Crippen molar-refractivity contribution in [2.75, 3.05) is 5.73 Å². The molecule has 6 heteroatoms. The molecule has 0 bridgehead atoms. The lowest BCUT2D eigenvalue weighted by atomic mass is 10.3. The monoisotopic (exact) mass is 319 g/mol. The molecule has 3 rings (SSSR count). The van der Waals surface area contributed by atoms with Crippen LogP contribution in [0.15, 0.2) is 51.0 Å². The second-order valence-corrected chi connectivity index (χ2v) is 6.39. The summed E-state index contributed by atoms with van der Waals surface area (Å²) >= 11 is 7.44. The molecule has 0 aliphatic carbocycles. The van der Waals surface area contributed by atoms with E-state index in [2.05, 4.69) is 0 Å². The molecule has 0 atom stereocenters. The fraction of sp³-hybridized carbons (Fsp3) is 0.133. The van der Waals surface area contributed by atoms with Crippen LogP contribution in [0.1, 0.15) is 0 Å². The number of anilines is 1. The van der Waals surface area contributed by atoms with E-state index < -0.39 is 0 Å². The third-order valence-corrected chi connectivity index (χ3v) is 4.78. The highest BCUT2D eigenvalue weighted by molar-refractivity contribution is 7.99. The van der Waals surface area contributed by atoms with Crippen molar-refractivity contribution in [3.63, 3.8) is 0 Å². The van der Waals surface area contributed by atoms with E-state index in [1.807, 2.05) is 36.4 Å². The molecular weight excluding hydrogens is 306 g/mol. The molecule has 0 saturated carbocycles. The predicted molar refractivity (Wildman–Crippen MR) is 88.1 cm³/mol. The van der Waals surface area contributed by atoms with Crippen molar-refractivity contribution in [1.29, 1.82) is 0 Å². The Labute approximate surface area is 131 Å². The Hall–Kier alpha value is -1.85. The number of halogens is 1. The normalized spacial score (nSPS) is 11.2. The van der Waals surface area contributed by atoms with Gasteiger partial charge in [-0.05, 0) is 36.4 Å². The number of aryl methyl sites for hydroxylation is 2. The molecular formula is C15H14ClN3OS. The molecule has 4 nitrogen and oxygen atoms in total. The Morgan fingerprint density at radius 3 is 2.24 bits per heavy atom. The van der Waals surface area contributed by atoms with E-state index in [4.69, 9.17) is 17.3 Å². The van der Waals surface area contributed by atoms with Gasteiger partial charge in [0, 0.05) is 34.6 Å². The van der Waals surface area contributed by atoms with Crippen LogP contribution in [0.3, 0.4) is 0 Å². The van der Waals surface area contributed by atoms with Crippen LogP contribution in [0.4, 0.5) is 5.69 Å². The lowest BCUT2D eigenvalue weighted by molar-refractivity contribution is 0.795. The Bertz CT molecular complexity index is 881. The first kappa shape index (κ1) is 14.1. The Morgan fingerprint density at radius 2 is 1.62 bits per heavy atom. The van der Waals surface area contributed by atoms with Gasteiger partial charge < -0.3 is 5.73 Å². The largest absolute Gasteiger partial charge is 0.398 e. The summed E-state index contributed by atoms with van der Waals surface area (Å²) < 4.78 is 3.23. The standard InChI is InChI=1S/C15H14ClN3OS/c1-18-12-7-11(17)14(8-13(12)19(2)15(18)20)21-10-5-3-9(16)4-6-10/h3-8H,17H2,1-2H3. The first-order valence-electron chi connectivity index (χ1n) is 6.35. The van der Waals surface area contributed by atoms with Gasteiger partial charge in [-0.2, -0.15) is 0 Å². The van der Waals surface area contributed by atoms with E-state index in [9.17, 15) is 4.79 Å². The van der Waals surface area contributed by atoms with Gasteiger partial charge in [0.15, 0.2) is 0 Å². The lowest BCUT2D eigenvalue weighted by Gasteiger charge is -2.07. The highest BCUT2D eigenvalue weighted by Gasteiger charge is 2.11. The Balaban J connectivity index is 2.11. The van der Waals surface area contributed by atoms with Crippen LogP contribution in [-0.4, -0.2) is 9.13 Å². The minimum atomic E-state index is -0.0574. The van der Waals surface area contributed by atoms with Crippen LogP contribution < -0.4 is 11.4 Å². The Morgan fingerprint density at radius 1 is 1.05 bits per heavy atom. The molecule has 108 valence electrons. The number of hydrogen-bond acceptors (Lipinski definition) is 3. The zero-order chi connectivity index (χ0) is 15.1. The smallest absolute Gasteiger partial charge is 0.328 e. The minimum absolute atomic E-state index is 0.0574. The molecule has 0 aliphatic heterocycles. The number of fused-ring (bicyclic) bond motifs is 1. The Kier molecular flexibility index (Phi) is 3.47. The average Bonchev–Trinajstić information content (AvgIpc) is 2.67. The molecule has 0 spiro atoms. The molecule has 0 unspecified atom stereocenters. The number of aromatic nitrogens is 2. The van der Waals surface area contributed by atoms with Gasteiger partial charge in [-0.1, -0.05) is 23.4 Å². The van der Waals surface area contributed by atoms with Crippen LogP contribution in [-0.2, 0) is 14.1 Å². The van der Waals surface area contributed by atoms with Crippen LogP contribution >= 0.6 is 23.4 Å². The van der Waals surface area contributed by atoms with E-state index in [1.165, 1.54) is 0 Å². The summed E-state index contributed by atoms with van der Waals surface area (Å²) in [6.07, 6.45) is 0.